The van der Waals surface area contributed by atoms with Crippen LogP contribution >= 0.6 is 0 Å². The Labute approximate surface area is 136 Å². The third kappa shape index (κ3) is 3.46. The fourth-order valence-corrected chi connectivity index (χ4v) is 2.07. The van der Waals surface area contributed by atoms with Crippen molar-refractivity contribution >= 4 is 17.7 Å². The summed E-state index contributed by atoms with van der Waals surface area (Å²) in [6.07, 6.45) is 7.58. The van der Waals surface area contributed by atoms with Gasteiger partial charge in [-0.2, -0.15) is 9.78 Å². The second kappa shape index (κ2) is 6.32. The van der Waals surface area contributed by atoms with E-state index in [0.29, 0.717) is 17.1 Å². The lowest BCUT2D eigenvalue weighted by Crippen LogP contribution is -2.00. The van der Waals surface area contributed by atoms with Crippen molar-refractivity contribution in [2.45, 2.75) is 6.54 Å². The third-order valence-electron chi connectivity index (χ3n) is 3.20. The van der Waals surface area contributed by atoms with Gasteiger partial charge in [-0.15, -0.1) is 0 Å². The van der Waals surface area contributed by atoms with Crippen LogP contribution in [-0.4, -0.2) is 30.3 Å². The van der Waals surface area contributed by atoms with Gasteiger partial charge in [-0.25, -0.2) is 0 Å². The number of hydrogen-bond acceptors (Lipinski definition) is 6. The van der Waals surface area contributed by atoms with E-state index < -0.39 is 4.92 Å². The Morgan fingerprint density at radius 2 is 2.25 bits per heavy atom. The van der Waals surface area contributed by atoms with Crippen molar-refractivity contribution in [3.05, 3.63) is 70.1 Å². The molecule has 3 aromatic heterocycles. The van der Waals surface area contributed by atoms with E-state index in [9.17, 15) is 14.9 Å². The van der Waals surface area contributed by atoms with E-state index in [4.69, 9.17) is 4.42 Å². The number of hydrogen-bond donors (Lipinski definition) is 0. The minimum Gasteiger partial charge on any atom is -0.460 e. The molecule has 0 aliphatic heterocycles. The fourth-order valence-electron chi connectivity index (χ4n) is 2.07. The molecule has 3 aromatic rings. The molecular weight excluding hydrogens is 314 g/mol. The standard InChI is InChI=1S/C15H13N5O4/c1-18-9-11(8-16-18)14(21)5-4-12-2-3-13(24-12)10-19-7-6-15(17-19)20(22)23/h2-9H,10H2,1H3/b5-4+. The number of nitro groups is 1. The zero-order valence-corrected chi connectivity index (χ0v) is 12.7. The zero-order chi connectivity index (χ0) is 17.1. The van der Waals surface area contributed by atoms with Crippen molar-refractivity contribution in [3.8, 4) is 0 Å². The van der Waals surface area contributed by atoms with Crippen molar-refractivity contribution < 1.29 is 14.1 Å². The predicted molar refractivity (Wildman–Crippen MR) is 83.3 cm³/mol. The van der Waals surface area contributed by atoms with Gasteiger partial charge in [0.2, 0.25) is 0 Å². The molecule has 24 heavy (non-hydrogen) atoms. The van der Waals surface area contributed by atoms with Gasteiger partial charge in [-0.05, 0) is 29.2 Å². The largest absolute Gasteiger partial charge is 0.460 e. The van der Waals surface area contributed by atoms with Gasteiger partial charge in [0.1, 0.15) is 18.1 Å². The van der Waals surface area contributed by atoms with E-state index in [1.165, 1.54) is 29.2 Å². The lowest BCUT2D eigenvalue weighted by atomic mass is 10.2. The summed E-state index contributed by atoms with van der Waals surface area (Å²) in [6, 6.07) is 4.75. The van der Waals surface area contributed by atoms with E-state index >= 15 is 0 Å². The first-order chi connectivity index (χ1) is 11.5. The van der Waals surface area contributed by atoms with Gasteiger partial charge >= 0.3 is 5.82 Å². The summed E-state index contributed by atoms with van der Waals surface area (Å²) in [7, 11) is 1.74. The maximum absolute atomic E-state index is 11.9. The van der Waals surface area contributed by atoms with Crippen LogP contribution in [0.5, 0.6) is 0 Å². The molecular formula is C15H13N5O4. The quantitative estimate of drug-likeness (QED) is 0.297. The van der Waals surface area contributed by atoms with Crippen LogP contribution in [0.25, 0.3) is 6.08 Å². The number of aryl methyl sites for hydroxylation is 1. The summed E-state index contributed by atoms with van der Waals surface area (Å²) < 4.78 is 8.52. The highest BCUT2D eigenvalue weighted by Gasteiger charge is 2.12. The number of carbonyl (C=O) groups is 1. The zero-order valence-electron chi connectivity index (χ0n) is 12.7. The van der Waals surface area contributed by atoms with E-state index in [2.05, 4.69) is 10.2 Å². The van der Waals surface area contributed by atoms with Gasteiger partial charge in [0.05, 0.1) is 29.1 Å². The molecule has 0 unspecified atom stereocenters. The second-order valence-electron chi connectivity index (χ2n) is 5.03. The summed E-state index contributed by atoms with van der Waals surface area (Å²) in [4.78, 5) is 22.0. The number of aromatic nitrogens is 4. The smallest absolute Gasteiger partial charge is 0.389 e. The monoisotopic (exact) mass is 327 g/mol. The van der Waals surface area contributed by atoms with Gasteiger partial charge in [0.25, 0.3) is 0 Å². The average Bonchev–Trinajstić information content (AvgIpc) is 3.26. The highest BCUT2D eigenvalue weighted by molar-refractivity contribution is 6.06. The van der Waals surface area contributed by atoms with E-state index in [-0.39, 0.29) is 18.1 Å². The van der Waals surface area contributed by atoms with Crippen LogP contribution in [0.15, 0.2) is 47.3 Å². The van der Waals surface area contributed by atoms with Gasteiger partial charge in [0, 0.05) is 13.2 Å². The molecule has 0 aromatic carbocycles. The number of carbonyl (C=O) groups excluding carboxylic acids is 1. The molecule has 0 amide bonds. The van der Waals surface area contributed by atoms with Gasteiger partial charge in [-0.3, -0.25) is 9.48 Å². The molecule has 0 N–H and O–H groups in total. The molecule has 0 aliphatic rings. The van der Waals surface area contributed by atoms with Gasteiger partial charge in [0.15, 0.2) is 5.78 Å². The molecule has 3 heterocycles. The maximum Gasteiger partial charge on any atom is 0.389 e. The van der Waals surface area contributed by atoms with Gasteiger partial charge in [-0.1, -0.05) is 0 Å². The van der Waals surface area contributed by atoms with E-state index in [0.717, 1.165) is 0 Å². The normalized spacial score (nSPS) is 11.2. The predicted octanol–water partition coefficient (Wildman–Crippen LogP) is 2.06. The van der Waals surface area contributed by atoms with Crippen LogP contribution in [0.1, 0.15) is 21.9 Å². The van der Waals surface area contributed by atoms with Crippen LogP contribution in [0, 0.1) is 10.1 Å². The topological polar surface area (TPSA) is 109 Å². The Kier molecular flexibility index (Phi) is 4.06. The molecule has 0 aliphatic carbocycles. The lowest BCUT2D eigenvalue weighted by molar-refractivity contribution is -0.389. The SMILES string of the molecule is Cn1cc(C(=O)/C=C/c2ccc(Cn3ccc([N+](=O)[O-])n3)o2)cn1. The van der Waals surface area contributed by atoms with Crippen molar-refractivity contribution in [1.29, 1.82) is 0 Å². The minimum atomic E-state index is -0.559. The highest BCUT2D eigenvalue weighted by atomic mass is 16.6. The Balaban J connectivity index is 1.65. The lowest BCUT2D eigenvalue weighted by Gasteiger charge is -1.93. The van der Waals surface area contributed by atoms with Crippen LogP contribution in [0.4, 0.5) is 5.82 Å². The first kappa shape index (κ1) is 15.4. The van der Waals surface area contributed by atoms with Crippen LogP contribution < -0.4 is 0 Å². The Hall–Kier alpha value is -3.49. The molecule has 9 heteroatoms. The van der Waals surface area contributed by atoms with E-state index in [1.54, 1.807) is 36.1 Å². The van der Waals surface area contributed by atoms with Gasteiger partial charge < -0.3 is 14.5 Å². The summed E-state index contributed by atoms with van der Waals surface area (Å²) in [5.41, 5.74) is 0.490. The molecule has 0 radical (unpaired) electrons. The molecule has 0 fully saturated rings. The highest BCUT2D eigenvalue weighted by Crippen LogP contribution is 2.13. The molecule has 0 atom stereocenters. The van der Waals surface area contributed by atoms with E-state index in [1.807, 2.05) is 0 Å². The summed E-state index contributed by atoms with van der Waals surface area (Å²) in [6.45, 7) is 0.262. The van der Waals surface area contributed by atoms with Crippen LogP contribution in [0.2, 0.25) is 0 Å². The summed E-state index contributed by atoms with van der Waals surface area (Å²) in [5, 5.41) is 18.3. The molecule has 9 nitrogen and oxygen atoms in total. The Bertz CT molecular complexity index is 918. The molecule has 0 saturated heterocycles. The van der Waals surface area contributed by atoms with Crippen molar-refractivity contribution in [3.63, 3.8) is 0 Å². The summed E-state index contributed by atoms with van der Waals surface area (Å²) >= 11 is 0. The third-order valence-corrected chi connectivity index (χ3v) is 3.20. The maximum atomic E-state index is 11.9. The average molecular weight is 327 g/mol. The first-order valence-corrected chi connectivity index (χ1v) is 6.99. The minimum absolute atomic E-state index is 0.177. The Morgan fingerprint density at radius 1 is 1.42 bits per heavy atom. The van der Waals surface area contributed by atoms with Crippen LogP contribution in [0.3, 0.4) is 0 Å². The van der Waals surface area contributed by atoms with Crippen LogP contribution in [-0.2, 0) is 13.6 Å². The summed E-state index contributed by atoms with van der Waals surface area (Å²) in [5.74, 6) is 0.679. The second-order valence-corrected chi connectivity index (χ2v) is 5.03. The molecule has 0 saturated carbocycles. The number of allylic oxidation sites excluding steroid dienone is 1. The molecule has 122 valence electrons. The van der Waals surface area contributed by atoms with Crippen molar-refractivity contribution in [1.82, 2.24) is 19.6 Å². The van der Waals surface area contributed by atoms with Crippen molar-refractivity contribution in [2.75, 3.05) is 0 Å². The fraction of sp³-hybridized carbons (Fsp3) is 0.133. The molecule has 3 rings (SSSR count). The van der Waals surface area contributed by atoms with Crippen molar-refractivity contribution in [2.24, 2.45) is 7.05 Å². The number of ketones is 1. The number of furan rings is 1. The molecule has 0 bridgehead atoms. The number of rotatable bonds is 6. The first-order valence-electron chi connectivity index (χ1n) is 6.99. The Morgan fingerprint density at radius 3 is 2.92 bits per heavy atom. The molecule has 0 spiro atoms. The number of nitrogens with zero attached hydrogens (tertiary/aromatic N) is 5.